The SMILES string of the molecule is CC(C)(C)OC(=O)N1C2CCC(C2)C1C(=O)NC(C#N)Cc1ccc2c3ccccc3c(=O)n(COCCS(C)(C)C)c2c1. The lowest BCUT2D eigenvalue weighted by Crippen LogP contribution is -2.55. The number of pyridine rings is 1. The highest BCUT2D eigenvalue weighted by Gasteiger charge is 2.52. The summed E-state index contributed by atoms with van der Waals surface area (Å²) in [6.45, 7) is 6.12. The molecule has 2 aromatic carbocycles. The summed E-state index contributed by atoms with van der Waals surface area (Å²) in [5.41, 5.74) is 0.734. The van der Waals surface area contributed by atoms with Crippen LogP contribution in [0.4, 0.5) is 4.79 Å². The molecule has 1 N–H and O–H groups in total. The number of aromatic nitrogens is 1. The van der Waals surface area contributed by atoms with Crippen molar-refractivity contribution < 1.29 is 19.1 Å². The van der Waals surface area contributed by atoms with Gasteiger partial charge in [0.1, 0.15) is 24.4 Å². The Kier molecular flexibility index (Phi) is 9.01. The Morgan fingerprint density at radius 3 is 2.50 bits per heavy atom. The molecule has 1 aliphatic heterocycles. The molecule has 2 amide bonds. The van der Waals surface area contributed by atoms with Gasteiger partial charge < -0.3 is 14.8 Å². The van der Waals surface area contributed by atoms with E-state index >= 15 is 0 Å². The number of likely N-dealkylation sites (tertiary alicyclic amines) is 1. The van der Waals surface area contributed by atoms with Gasteiger partial charge in [0, 0.05) is 29.0 Å². The van der Waals surface area contributed by atoms with Crippen LogP contribution >= 0.6 is 10.0 Å². The van der Waals surface area contributed by atoms with Gasteiger partial charge in [-0.15, -0.1) is 0 Å². The van der Waals surface area contributed by atoms with E-state index in [0.717, 1.165) is 46.9 Å². The van der Waals surface area contributed by atoms with Gasteiger partial charge in [0.15, 0.2) is 0 Å². The minimum Gasteiger partial charge on any atom is -0.444 e. The van der Waals surface area contributed by atoms with Gasteiger partial charge in [0.2, 0.25) is 5.91 Å². The molecule has 5 rings (SSSR count). The summed E-state index contributed by atoms with van der Waals surface area (Å²) in [4.78, 5) is 41.8. The summed E-state index contributed by atoms with van der Waals surface area (Å²) >= 11 is 0. The van der Waals surface area contributed by atoms with Crippen molar-refractivity contribution in [1.82, 2.24) is 14.8 Å². The average Bonchev–Trinajstić information content (AvgIpc) is 3.57. The molecular weight excluding hydrogens is 576 g/mol. The summed E-state index contributed by atoms with van der Waals surface area (Å²) in [5, 5.41) is 15.4. The molecule has 1 aromatic heterocycles. The van der Waals surface area contributed by atoms with Gasteiger partial charge in [-0.1, -0.05) is 30.3 Å². The van der Waals surface area contributed by atoms with E-state index in [1.807, 2.05) is 63.2 Å². The second kappa shape index (κ2) is 12.4. The third kappa shape index (κ3) is 6.89. The lowest BCUT2D eigenvalue weighted by atomic mass is 9.97. The van der Waals surface area contributed by atoms with Crippen LogP contribution in [0.3, 0.4) is 0 Å². The quantitative estimate of drug-likeness (QED) is 0.261. The van der Waals surface area contributed by atoms with Gasteiger partial charge in [0.25, 0.3) is 5.56 Å². The Labute approximate surface area is 260 Å². The first-order valence-electron chi connectivity index (χ1n) is 15.2. The first kappa shape index (κ1) is 31.9. The van der Waals surface area contributed by atoms with E-state index in [1.54, 1.807) is 9.47 Å². The van der Waals surface area contributed by atoms with Crippen molar-refractivity contribution in [2.45, 2.75) is 76.9 Å². The number of hydrogen-bond donors (Lipinski definition) is 1. The fourth-order valence-electron chi connectivity index (χ4n) is 6.43. The van der Waals surface area contributed by atoms with Crippen LogP contribution < -0.4 is 10.9 Å². The van der Waals surface area contributed by atoms with Gasteiger partial charge in [-0.25, -0.2) is 14.8 Å². The third-order valence-electron chi connectivity index (χ3n) is 8.48. The summed E-state index contributed by atoms with van der Waals surface area (Å²) < 4.78 is 13.3. The molecule has 2 heterocycles. The fraction of sp³-hybridized carbons (Fsp3) is 0.529. The maximum atomic E-state index is 13.6. The Hall–Kier alpha value is -3.55. The van der Waals surface area contributed by atoms with Crippen LogP contribution in [0, 0.1) is 17.2 Å². The topological polar surface area (TPSA) is 114 Å². The van der Waals surface area contributed by atoms with Crippen LogP contribution in [0.2, 0.25) is 0 Å². The second-order valence-electron chi connectivity index (χ2n) is 13.9. The van der Waals surface area contributed by atoms with Crippen LogP contribution in [0.1, 0.15) is 45.6 Å². The van der Waals surface area contributed by atoms with Crippen LogP contribution in [0.15, 0.2) is 47.3 Å². The third-order valence-corrected chi connectivity index (χ3v) is 9.87. The van der Waals surface area contributed by atoms with Gasteiger partial charge in [-0.2, -0.15) is 5.26 Å². The molecule has 4 atom stereocenters. The van der Waals surface area contributed by atoms with E-state index < -0.39 is 33.8 Å². The number of nitrogens with zero attached hydrogens (tertiary/aromatic N) is 3. The molecule has 2 bridgehead atoms. The molecule has 0 spiro atoms. The number of hydrogen-bond acceptors (Lipinski definition) is 6. The molecule has 3 aromatic rings. The van der Waals surface area contributed by atoms with E-state index in [-0.39, 0.29) is 36.6 Å². The predicted octanol–water partition coefficient (Wildman–Crippen LogP) is 5.16. The highest BCUT2D eigenvalue weighted by atomic mass is 32.3. The second-order valence-corrected chi connectivity index (χ2v) is 18.5. The van der Waals surface area contributed by atoms with Gasteiger partial charge in [-0.3, -0.25) is 19.1 Å². The number of nitrogens with one attached hydrogen (secondary N) is 1. The molecule has 1 aliphatic carbocycles. The van der Waals surface area contributed by atoms with Crippen LogP contribution in [0.25, 0.3) is 21.7 Å². The summed E-state index contributed by atoms with van der Waals surface area (Å²) in [7, 11) is -0.731. The number of fused-ring (bicyclic) bond motifs is 5. The van der Waals surface area contributed by atoms with Crippen molar-refractivity contribution >= 4 is 43.7 Å². The van der Waals surface area contributed by atoms with Gasteiger partial charge >= 0.3 is 6.09 Å². The standard InChI is InChI=1S/C34H44N4O5S/c1-34(2,3)43-33(41)38-25-13-12-23(19-25)30(38)31(39)36-24(20-35)17-22-11-14-27-26-9-7-8-10-28(26)32(40)37(29(27)18-22)21-42-15-16-44(4,5)6/h7-11,14,18,23-25,30H,12-13,15-17,19,21H2,1-6H3,(H,36,39). The minimum atomic E-state index is -0.814. The minimum absolute atomic E-state index is 0.0230. The first-order valence-corrected chi connectivity index (χ1v) is 18.3. The van der Waals surface area contributed by atoms with Crippen molar-refractivity contribution in [3.05, 3.63) is 58.4 Å². The molecule has 1 saturated heterocycles. The number of nitriles is 1. The smallest absolute Gasteiger partial charge is 0.411 e. The normalized spacial score (nSPS) is 20.9. The number of carbonyl (C=O) groups excluding carboxylic acids is 2. The predicted molar refractivity (Wildman–Crippen MR) is 176 cm³/mol. The molecule has 9 nitrogen and oxygen atoms in total. The van der Waals surface area contributed by atoms with Gasteiger partial charge in [0.05, 0.1) is 18.2 Å². The van der Waals surface area contributed by atoms with Crippen LogP contribution in [-0.2, 0) is 27.4 Å². The van der Waals surface area contributed by atoms with E-state index in [4.69, 9.17) is 9.47 Å². The van der Waals surface area contributed by atoms with Crippen molar-refractivity contribution in [3.8, 4) is 6.07 Å². The molecule has 2 fully saturated rings. The number of amides is 2. The van der Waals surface area contributed by atoms with E-state index in [2.05, 4.69) is 30.2 Å². The zero-order valence-electron chi connectivity index (χ0n) is 26.6. The van der Waals surface area contributed by atoms with Crippen molar-refractivity contribution in [2.75, 3.05) is 31.1 Å². The van der Waals surface area contributed by atoms with E-state index in [9.17, 15) is 19.6 Å². The summed E-state index contributed by atoms with van der Waals surface area (Å²) in [6.07, 6.45) is 8.96. The molecular formula is C34H44N4O5S. The van der Waals surface area contributed by atoms with Crippen molar-refractivity contribution in [1.29, 1.82) is 5.26 Å². The number of benzene rings is 2. The molecule has 236 valence electrons. The maximum Gasteiger partial charge on any atom is 0.411 e. The molecule has 4 unspecified atom stereocenters. The maximum absolute atomic E-state index is 13.6. The molecule has 44 heavy (non-hydrogen) atoms. The zero-order valence-corrected chi connectivity index (χ0v) is 27.4. The van der Waals surface area contributed by atoms with Crippen LogP contribution in [0.5, 0.6) is 0 Å². The molecule has 1 saturated carbocycles. The average molecular weight is 621 g/mol. The lowest BCUT2D eigenvalue weighted by molar-refractivity contribution is -0.128. The van der Waals surface area contributed by atoms with Crippen molar-refractivity contribution in [3.63, 3.8) is 0 Å². The molecule has 0 radical (unpaired) electrons. The van der Waals surface area contributed by atoms with E-state index in [1.165, 1.54) is 0 Å². The molecule has 10 heteroatoms. The monoisotopic (exact) mass is 620 g/mol. The van der Waals surface area contributed by atoms with Crippen LogP contribution in [-0.4, -0.2) is 76.3 Å². The van der Waals surface area contributed by atoms with Crippen molar-refractivity contribution in [2.24, 2.45) is 5.92 Å². The number of carbonyl (C=O) groups is 2. The fourth-order valence-corrected chi connectivity index (χ4v) is 7.05. The Bertz CT molecular complexity index is 1660. The first-order chi connectivity index (χ1) is 20.8. The number of ether oxygens (including phenoxy) is 2. The largest absolute Gasteiger partial charge is 0.444 e. The van der Waals surface area contributed by atoms with Gasteiger partial charge in [-0.05, 0) is 87.8 Å². The summed E-state index contributed by atoms with van der Waals surface area (Å²) in [5.74, 6) is 0.665. The van der Waals surface area contributed by atoms with E-state index in [0.29, 0.717) is 12.0 Å². The zero-order chi connectivity index (χ0) is 31.8. The lowest BCUT2D eigenvalue weighted by Gasteiger charge is -2.35. The highest BCUT2D eigenvalue weighted by Crippen LogP contribution is 2.43. The Morgan fingerprint density at radius 2 is 1.82 bits per heavy atom. The summed E-state index contributed by atoms with van der Waals surface area (Å²) in [6, 6.07) is 14.1. The number of rotatable bonds is 9. The number of piperidine rings is 1. The molecule has 2 aliphatic rings. The Morgan fingerprint density at radius 1 is 1.09 bits per heavy atom. The Balaban J connectivity index is 1.38. The highest BCUT2D eigenvalue weighted by molar-refractivity contribution is 8.32.